The molecular weight excluding hydrogens is 140 g/mol. The summed E-state index contributed by atoms with van der Waals surface area (Å²) >= 11 is 0. The fourth-order valence-electron chi connectivity index (χ4n) is 0.779. The number of hydrogen-bond donors (Lipinski definition) is 1. The van der Waals surface area contributed by atoms with E-state index >= 15 is 0 Å². The summed E-state index contributed by atoms with van der Waals surface area (Å²) in [4.78, 5) is 0. The van der Waals surface area contributed by atoms with E-state index in [9.17, 15) is 0 Å². The van der Waals surface area contributed by atoms with E-state index < -0.39 is 0 Å². The van der Waals surface area contributed by atoms with Crippen molar-refractivity contribution in [2.24, 2.45) is 7.05 Å². The van der Waals surface area contributed by atoms with Gasteiger partial charge in [-0.25, -0.2) is 0 Å². The molecular formula is C7H8N4. The molecule has 0 bridgehead atoms. The van der Waals surface area contributed by atoms with Crippen LogP contribution in [0.25, 0.3) is 6.08 Å². The van der Waals surface area contributed by atoms with Crippen LogP contribution in [0.3, 0.4) is 0 Å². The smallest absolute Gasteiger partial charge is 0.152 e. The van der Waals surface area contributed by atoms with Gasteiger partial charge in [-0.1, -0.05) is 0 Å². The Morgan fingerprint density at radius 2 is 2.55 bits per heavy atom. The van der Waals surface area contributed by atoms with Gasteiger partial charge in [0.1, 0.15) is 0 Å². The average molecular weight is 148 g/mol. The second-order valence-electron chi connectivity index (χ2n) is 2.11. The van der Waals surface area contributed by atoms with Crippen molar-refractivity contribution in [1.29, 1.82) is 5.26 Å². The van der Waals surface area contributed by atoms with Gasteiger partial charge in [-0.3, -0.25) is 4.68 Å². The molecule has 0 radical (unpaired) electrons. The fourth-order valence-corrected chi connectivity index (χ4v) is 0.779. The molecule has 0 atom stereocenters. The minimum absolute atomic E-state index is 0.444. The van der Waals surface area contributed by atoms with Crippen molar-refractivity contribution < 1.29 is 0 Å². The zero-order chi connectivity index (χ0) is 8.27. The molecule has 1 rings (SSSR count). The monoisotopic (exact) mass is 148 g/mol. The number of nitrogens with two attached hydrogens (primary N) is 1. The Hall–Kier alpha value is -1.76. The lowest BCUT2D eigenvalue weighted by Gasteiger charge is -1.82. The summed E-state index contributed by atoms with van der Waals surface area (Å²) in [6.07, 6.45) is 4.75. The van der Waals surface area contributed by atoms with Gasteiger partial charge in [0.05, 0.1) is 6.07 Å². The lowest BCUT2D eigenvalue weighted by atomic mass is 10.3. The highest BCUT2D eigenvalue weighted by molar-refractivity contribution is 5.61. The largest absolute Gasteiger partial charge is 0.382 e. The standard InChI is InChI=1S/C7H8N4/c1-11-5-6(3-2-4-8)7(9)10-11/h2-3,5H,1H3,(H2,9,10). The number of nitrogens with zero attached hydrogens (tertiary/aromatic N) is 3. The van der Waals surface area contributed by atoms with E-state index in [1.165, 1.54) is 6.08 Å². The lowest BCUT2D eigenvalue weighted by Crippen LogP contribution is -1.90. The molecule has 0 saturated heterocycles. The van der Waals surface area contributed by atoms with E-state index in [-0.39, 0.29) is 0 Å². The third kappa shape index (κ3) is 1.58. The van der Waals surface area contributed by atoms with E-state index in [1.807, 2.05) is 6.07 Å². The van der Waals surface area contributed by atoms with Crippen LogP contribution in [0.15, 0.2) is 12.3 Å². The van der Waals surface area contributed by atoms with Gasteiger partial charge in [0.25, 0.3) is 0 Å². The van der Waals surface area contributed by atoms with Crippen molar-refractivity contribution in [3.05, 3.63) is 17.8 Å². The van der Waals surface area contributed by atoms with Gasteiger partial charge in [0, 0.05) is 24.9 Å². The van der Waals surface area contributed by atoms with Gasteiger partial charge in [0.15, 0.2) is 5.82 Å². The molecule has 11 heavy (non-hydrogen) atoms. The lowest BCUT2D eigenvalue weighted by molar-refractivity contribution is 0.772. The summed E-state index contributed by atoms with van der Waals surface area (Å²) < 4.78 is 1.60. The minimum atomic E-state index is 0.444. The number of nitriles is 1. The van der Waals surface area contributed by atoms with Crippen molar-refractivity contribution in [3.63, 3.8) is 0 Å². The SMILES string of the molecule is Cn1cc(C=CC#N)c(N)n1. The predicted molar refractivity (Wildman–Crippen MR) is 42.3 cm³/mol. The quantitative estimate of drug-likeness (QED) is 0.591. The second-order valence-corrected chi connectivity index (χ2v) is 2.11. The van der Waals surface area contributed by atoms with Crippen molar-refractivity contribution >= 4 is 11.9 Å². The number of nitrogen functional groups attached to an aromatic ring is 1. The fraction of sp³-hybridized carbons (Fsp3) is 0.143. The van der Waals surface area contributed by atoms with Gasteiger partial charge < -0.3 is 5.73 Å². The van der Waals surface area contributed by atoms with E-state index in [0.29, 0.717) is 5.82 Å². The molecule has 4 heteroatoms. The molecule has 2 N–H and O–H groups in total. The highest BCUT2D eigenvalue weighted by Crippen LogP contribution is 2.08. The van der Waals surface area contributed by atoms with Crippen LogP contribution < -0.4 is 5.73 Å². The van der Waals surface area contributed by atoms with Crippen LogP contribution in [0.4, 0.5) is 5.82 Å². The van der Waals surface area contributed by atoms with Gasteiger partial charge >= 0.3 is 0 Å². The Kier molecular flexibility index (Phi) is 1.93. The van der Waals surface area contributed by atoms with Crippen LogP contribution in [0.1, 0.15) is 5.56 Å². The highest BCUT2D eigenvalue weighted by Gasteiger charge is 1.97. The number of allylic oxidation sites excluding steroid dienone is 1. The van der Waals surface area contributed by atoms with Gasteiger partial charge in [-0.2, -0.15) is 10.4 Å². The van der Waals surface area contributed by atoms with Crippen LogP contribution in [-0.2, 0) is 7.05 Å². The maximum atomic E-state index is 8.22. The molecule has 1 aromatic heterocycles. The summed E-state index contributed by atoms with van der Waals surface area (Å²) in [5, 5.41) is 12.1. The van der Waals surface area contributed by atoms with Gasteiger partial charge in [-0.05, 0) is 6.08 Å². The Balaban J connectivity index is 2.96. The third-order valence-electron chi connectivity index (χ3n) is 1.22. The Morgan fingerprint density at radius 1 is 1.82 bits per heavy atom. The maximum absolute atomic E-state index is 8.22. The summed E-state index contributed by atoms with van der Waals surface area (Å²) in [5.74, 6) is 0.444. The maximum Gasteiger partial charge on any atom is 0.152 e. The molecule has 0 aromatic carbocycles. The van der Waals surface area contributed by atoms with Crippen LogP contribution in [-0.4, -0.2) is 9.78 Å². The first-order valence-corrected chi connectivity index (χ1v) is 3.09. The van der Waals surface area contributed by atoms with Crippen LogP contribution in [0.5, 0.6) is 0 Å². The van der Waals surface area contributed by atoms with E-state index in [4.69, 9.17) is 11.0 Å². The molecule has 0 spiro atoms. The van der Waals surface area contributed by atoms with E-state index in [2.05, 4.69) is 5.10 Å². The summed E-state index contributed by atoms with van der Waals surface area (Å²) in [5.41, 5.74) is 6.26. The zero-order valence-corrected chi connectivity index (χ0v) is 6.15. The molecule has 0 aliphatic rings. The predicted octanol–water partition coefficient (Wildman–Crippen LogP) is 0.539. The zero-order valence-electron chi connectivity index (χ0n) is 6.15. The molecule has 0 saturated carbocycles. The summed E-state index contributed by atoms with van der Waals surface area (Å²) in [7, 11) is 1.78. The van der Waals surface area contributed by atoms with Crippen molar-refractivity contribution in [3.8, 4) is 6.07 Å². The topological polar surface area (TPSA) is 67.6 Å². The Labute approximate surface area is 64.5 Å². The number of hydrogen-bond acceptors (Lipinski definition) is 3. The van der Waals surface area contributed by atoms with Crippen molar-refractivity contribution in [2.75, 3.05) is 5.73 Å². The summed E-state index contributed by atoms with van der Waals surface area (Å²) in [6, 6.07) is 1.88. The molecule has 56 valence electrons. The molecule has 1 aromatic rings. The van der Waals surface area contributed by atoms with E-state index in [0.717, 1.165) is 5.56 Å². The molecule has 1 heterocycles. The highest BCUT2D eigenvalue weighted by atomic mass is 15.3. The van der Waals surface area contributed by atoms with Crippen molar-refractivity contribution in [1.82, 2.24) is 9.78 Å². The van der Waals surface area contributed by atoms with E-state index in [1.54, 1.807) is 24.0 Å². The minimum Gasteiger partial charge on any atom is -0.382 e. The summed E-state index contributed by atoms with van der Waals surface area (Å²) in [6.45, 7) is 0. The second kappa shape index (κ2) is 2.88. The number of aromatic nitrogens is 2. The molecule has 0 fully saturated rings. The molecule has 4 nitrogen and oxygen atoms in total. The first-order chi connectivity index (χ1) is 5.24. The molecule has 0 aliphatic heterocycles. The van der Waals surface area contributed by atoms with Gasteiger partial charge in [0.2, 0.25) is 0 Å². The van der Waals surface area contributed by atoms with Gasteiger partial charge in [-0.15, -0.1) is 0 Å². The van der Waals surface area contributed by atoms with Crippen LogP contribution in [0, 0.1) is 11.3 Å². The molecule has 0 aliphatic carbocycles. The molecule has 0 amide bonds. The molecule has 0 unspecified atom stereocenters. The normalized spacial score (nSPS) is 10.2. The Bertz CT molecular complexity index is 316. The van der Waals surface area contributed by atoms with Crippen LogP contribution >= 0.6 is 0 Å². The Morgan fingerprint density at radius 3 is 3.00 bits per heavy atom. The number of rotatable bonds is 1. The number of aryl methyl sites for hydroxylation is 1. The average Bonchev–Trinajstić information content (AvgIpc) is 2.26. The van der Waals surface area contributed by atoms with Crippen LogP contribution in [0.2, 0.25) is 0 Å². The first-order valence-electron chi connectivity index (χ1n) is 3.09. The first kappa shape index (κ1) is 7.35. The van der Waals surface area contributed by atoms with Crippen molar-refractivity contribution in [2.45, 2.75) is 0 Å². The third-order valence-corrected chi connectivity index (χ3v) is 1.22. The number of anilines is 1.